The lowest BCUT2D eigenvalue weighted by Gasteiger charge is -2.18. The molecule has 188 valence electrons. The van der Waals surface area contributed by atoms with Crippen molar-refractivity contribution in [2.75, 3.05) is 5.32 Å². The second-order valence-electron chi connectivity index (χ2n) is 7.70. The Morgan fingerprint density at radius 1 is 1.31 bits per heavy atom. The molecule has 1 amide bonds. The highest BCUT2D eigenvalue weighted by molar-refractivity contribution is 6.34. The third-order valence-corrected chi connectivity index (χ3v) is 5.55. The lowest BCUT2D eigenvalue weighted by atomic mass is 10.0. The number of aryl methyl sites for hydroxylation is 1. The molecule has 1 fully saturated rings. The SMILES string of the molecule is Cn1nc(C(F)(F)C(F)(F)F)c(NC#N)c1N=CC(=CN)c1ccc(Cl)c(C(=O)NC2(C#N)CC2)c1. The van der Waals surface area contributed by atoms with Gasteiger partial charge < -0.3 is 11.1 Å². The topological polar surface area (TPSA) is 145 Å². The molecule has 15 heteroatoms. The molecule has 1 aliphatic carbocycles. The van der Waals surface area contributed by atoms with E-state index in [0.717, 1.165) is 19.5 Å². The number of nitrogens with one attached hydrogen (secondary N) is 2. The molecule has 9 nitrogen and oxygen atoms in total. The predicted molar refractivity (Wildman–Crippen MR) is 119 cm³/mol. The number of hydrogen-bond acceptors (Lipinski definition) is 7. The fourth-order valence-electron chi connectivity index (χ4n) is 3.09. The van der Waals surface area contributed by atoms with Crippen LogP contribution in [0.2, 0.25) is 5.02 Å². The summed E-state index contributed by atoms with van der Waals surface area (Å²) in [5.41, 5.74) is 2.43. The summed E-state index contributed by atoms with van der Waals surface area (Å²) < 4.78 is 67.3. The van der Waals surface area contributed by atoms with Gasteiger partial charge in [0, 0.05) is 25.0 Å². The van der Waals surface area contributed by atoms with Gasteiger partial charge >= 0.3 is 12.1 Å². The summed E-state index contributed by atoms with van der Waals surface area (Å²) >= 11 is 6.12. The van der Waals surface area contributed by atoms with E-state index in [1.165, 1.54) is 24.4 Å². The number of anilines is 1. The molecule has 0 spiro atoms. The first kappa shape index (κ1) is 26.4. The average Bonchev–Trinajstić information content (AvgIpc) is 3.51. The molecule has 1 aromatic carbocycles. The van der Waals surface area contributed by atoms with Crippen molar-refractivity contribution in [3.63, 3.8) is 0 Å². The summed E-state index contributed by atoms with van der Waals surface area (Å²) in [6, 6.07) is 6.20. The first-order valence-electron chi connectivity index (χ1n) is 9.97. The van der Waals surface area contributed by atoms with Gasteiger partial charge in [-0.2, -0.15) is 37.6 Å². The summed E-state index contributed by atoms with van der Waals surface area (Å²) in [6.07, 6.45) is -1.62. The fraction of sp³-hybridized carbons (Fsp3) is 0.286. The molecule has 0 bridgehead atoms. The predicted octanol–water partition coefficient (Wildman–Crippen LogP) is 4.11. The third kappa shape index (κ3) is 4.94. The average molecular weight is 527 g/mol. The van der Waals surface area contributed by atoms with Gasteiger partial charge in [-0.05, 0) is 30.5 Å². The summed E-state index contributed by atoms with van der Waals surface area (Å²) in [4.78, 5) is 16.5. The number of nitrogens with zero attached hydrogens (tertiary/aromatic N) is 5. The van der Waals surface area contributed by atoms with Crippen LogP contribution in [0.1, 0.15) is 34.5 Å². The maximum Gasteiger partial charge on any atom is 0.459 e. The Hall–Kier alpha value is -4.17. The van der Waals surface area contributed by atoms with Gasteiger partial charge in [0.05, 0.1) is 16.7 Å². The number of carbonyl (C=O) groups is 1. The largest absolute Gasteiger partial charge is 0.459 e. The molecular weight excluding hydrogens is 511 g/mol. The first-order valence-corrected chi connectivity index (χ1v) is 10.3. The maximum atomic E-state index is 14.0. The van der Waals surface area contributed by atoms with Crippen molar-refractivity contribution in [3.05, 3.63) is 46.2 Å². The summed E-state index contributed by atoms with van der Waals surface area (Å²) in [5, 5.41) is 25.7. The Morgan fingerprint density at radius 2 is 1.97 bits per heavy atom. The second kappa shape index (κ2) is 9.47. The van der Waals surface area contributed by atoms with E-state index in [-0.39, 0.29) is 21.7 Å². The second-order valence-corrected chi connectivity index (χ2v) is 8.11. The van der Waals surface area contributed by atoms with Crippen molar-refractivity contribution in [3.8, 4) is 12.3 Å². The molecule has 0 unspecified atom stereocenters. The Balaban J connectivity index is 1.98. The molecule has 0 aliphatic heterocycles. The standard InChI is InChI=1S/C21H16ClF5N8O/c1-35-17(15(32-10-30)16(34-35)20(23,24)21(25,26)27)31-8-12(7-28)11-2-3-14(22)13(6-11)18(36)33-19(9-29)4-5-19/h2-3,6-8,32H,4-5,28H2,1H3,(H,33,36). The van der Waals surface area contributed by atoms with E-state index in [1.54, 1.807) is 5.32 Å². The Morgan fingerprint density at radius 3 is 2.50 bits per heavy atom. The van der Waals surface area contributed by atoms with Gasteiger partial charge in [0.2, 0.25) is 0 Å². The van der Waals surface area contributed by atoms with Gasteiger partial charge in [-0.1, -0.05) is 17.7 Å². The normalized spacial score (nSPS) is 15.3. The number of alkyl halides is 5. The zero-order valence-corrected chi connectivity index (χ0v) is 19.0. The number of allylic oxidation sites excluding steroid dienone is 1. The molecule has 1 heterocycles. The minimum absolute atomic E-state index is 0.0166. The molecule has 1 aromatic heterocycles. The van der Waals surface area contributed by atoms with Crippen LogP contribution in [-0.4, -0.2) is 33.6 Å². The smallest absolute Gasteiger partial charge is 0.404 e. The lowest BCUT2D eigenvalue weighted by Crippen LogP contribution is -2.35. The van der Waals surface area contributed by atoms with Crippen molar-refractivity contribution in [2.45, 2.75) is 30.5 Å². The summed E-state index contributed by atoms with van der Waals surface area (Å²) in [7, 11) is 1.06. The molecule has 4 N–H and O–H groups in total. The van der Waals surface area contributed by atoms with Crippen LogP contribution in [0, 0.1) is 22.8 Å². The Kier molecular flexibility index (Phi) is 6.95. The fourth-order valence-corrected chi connectivity index (χ4v) is 3.29. The Bertz CT molecular complexity index is 1350. The van der Waals surface area contributed by atoms with Crippen LogP contribution in [0.5, 0.6) is 0 Å². The maximum absolute atomic E-state index is 14.0. The van der Waals surface area contributed by atoms with E-state index in [4.69, 9.17) is 22.6 Å². The number of nitriles is 2. The first-order chi connectivity index (χ1) is 16.8. The number of benzene rings is 1. The molecule has 3 rings (SSSR count). The van der Waals surface area contributed by atoms with Crippen molar-refractivity contribution in [2.24, 2.45) is 17.8 Å². The molecule has 2 aromatic rings. The highest BCUT2D eigenvalue weighted by atomic mass is 35.5. The van der Waals surface area contributed by atoms with Crippen LogP contribution >= 0.6 is 11.6 Å². The zero-order valence-electron chi connectivity index (χ0n) is 18.3. The highest BCUT2D eigenvalue weighted by Crippen LogP contribution is 2.48. The van der Waals surface area contributed by atoms with Crippen molar-refractivity contribution >= 4 is 40.8 Å². The Labute approximate surface area is 205 Å². The lowest BCUT2D eigenvalue weighted by molar-refractivity contribution is -0.290. The number of amides is 1. The van der Waals surface area contributed by atoms with Gasteiger partial charge in [-0.15, -0.1) is 0 Å². The third-order valence-electron chi connectivity index (χ3n) is 5.22. The van der Waals surface area contributed by atoms with Crippen LogP contribution in [0.15, 0.2) is 29.4 Å². The van der Waals surface area contributed by atoms with E-state index in [0.29, 0.717) is 17.5 Å². The van der Waals surface area contributed by atoms with E-state index in [9.17, 15) is 32.0 Å². The number of aliphatic imine (C=N–C) groups is 1. The van der Waals surface area contributed by atoms with E-state index >= 15 is 0 Å². The van der Waals surface area contributed by atoms with Gasteiger partial charge in [0.25, 0.3) is 5.91 Å². The number of nitrogens with two attached hydrogens (primary N) is 1. The molecule has 0 saturated heterocycles. The molecule has 1 aliphatic rings. The minimum Gasteiger partial charge on any atom is -0.404 e. The molecule has 0 atom stereocenters. The van der Waals surface area contributed by atoms with E-state index < -0.39 is 40.7 Å². The molecule has 36 heavy (non-hydrogen) atoms. The molecule has 0 radical (unpaired) electrons. The van der Waals surface area contributed by atoms with Crippen LogP contribution in [0.3, 0.4) is 0 Å². The van der Waals surface area contributed by atoms with Gasteiger partial charge in [0.1, 0.15) is 11.2 Å². The van der Waals surface area contributed by atoms with E-state index in [1.807, 2.05) is 6.07 Å². The number of aromatic nitrogens is 2. The summed E-state index contributed by atoms with van der Waals surface area (Å²) in [6.45, 7) is 0. The van der Waals surface area contributed by atoms with Crippen LogP contribution < -0.4 is 16.4 Å². The quantitative estimate of drug-likeness (QED) is 0.214. The van der Waals surface area contributed by atoms with Crippen LogP contribution in [0.4, 0.5) is 33.5 Å². The van der Waals surface area contributed by atoms with Crippen molar-refractivity contribution in [1.82, 2.24) is 15.1 Å². The number of hydrogen-bond donors (Lipinski definition) is 3. The monoisotopic (exact) mass is 526 g/mol. The summed E-state index contributed by atoms with van der Waals surface area (Å²) in [5.74, 6) is -6.50. The van der Waals surface area contributed by atoms with Gasteiger partial charge in [0.15, 0.2) is 17.7 Å². The molecular formula is C21H16ClF5N8O. The number of carbonyl (C=O) groups excluding carboxylic acids is 1. The minimum atomic E-state index is -5.97. The number of rotatable bonds is 7. The van der Waals surface area contributed by atoms with Crippen LogP contribution in [0.25, 0.3) is 5.57 Å². The zero-order chi connectivity index (χ0) is 26.9. The van der Waals surface area contributed by atoms with E-state index in [2.05, 4.69) is 15.4 Å². The highest BCUT2D eigenvalue weighted by Gasteiger charge is 2.62. The van der Waals surface area contributed by atoms with Crippen molar-refractivity contribution in [1.29, 1.82) is 10.5 Å². The van der Waals surface area contributed by atoms with Gasteiger partial charge in [-0.3, -0.25) is 10.1 Å². The van der Waals surface area contributed by atoms with Crippen molar-refractivity contribution < 1.29 is 26.7 Å². The molecule has 1 saturated carbocycles. The van der Waals surface area contributed by atoms with Crippen LogP contribution in [-0.2, 0) is 13.0 Å². The van der Waals surface area contributed by atoms with Gasteiger partial charge in [-0.25, -0.2) is 9.67 Å². The number of halogens is 6.